The summed E-state index contributed by atoms with van der Waals surface area (Å²) in [6, 6.07) is 5.78. The highest BCUT2D eigenvalue weighted by molar-refractivity contribution is 6.07. The van der Waals surface area contributed by atoms with Crippen LogP contribution in [0.4, 0.5) is 5.82 Å². The number of benzene rings is 1. The summed E-state index contributed by atoms with van der Waals surface area (Å²) in [4.78, 5) is 27.1. The number of nitrogens with zero attached hydrogens (tertiary/aromatic N) is 2. The van der Waals surface area contributed by atoms with Crippen molar-refractivity contribution in [3.63, 3.8) is 0 Å². The van der Waals surface area contributed by atoms with Gasteiger partial charge in [-0.3, -0.25) is 14.2 Å². The number of hydrogen-bond donors (Lipinski definition) is 0. The van der Waals surface area contributed by atoms with Crippen LogP contribution in [0.3, 0.4) is 0 Å². The SMILES string of the molecule is CC(=O)c1cc(C)cc2c(=O)n(C)c(N3CCC(C)CC3)cc12. The van der Waals surface area contributed by atoms with Gasteiger partial charge >= 0.3 is 0 Å². The van der Waals surface area contributed by atoms with Crippen molar-refractivity contribution >= 4 is 22.4 Å². The van der Waals surface area contributed by atoms with Crippen molar-refractivity contribution in [3.8, 4) is 0 Å². The molecule has 23 heavy (non-hydrogen) atoms. The van der Waals surface area contributed by atoms with E-state index in [0.29, 0.717) is 10.9 Å². The zero-order valence-electron chi connectivity index (χ0n) is 14.3. The Bertz CT molecular complexity index is 827. The number of ketones is 1. The number of aromatic nitrogens is 1. The molecule has 0 bridgehead atoms. The molecule has 1 fully saturated rings. The Kier molecular flexibility index (Phi) is 4.00. The normalized spacial score (nSPS) is 16.1. The maximum Gasteiger partial charge on any atom is 0.259 e. The number of carbonyl (C=O) groups is 1. The zero-order chi connectivity index (χ0) is 16.7. The van der Waals surface area contributed by atoms with Crippen molar-refractivity contribution in [1.29, 1.82) is 0 Å². The Labute approximate surface area is 136 Å². The molecule has 4 heteroatoms. The van der Waals surface area contributed by atoms with Crippen molar-refractivity contribution in [3.05, 3.63) is 39.7 Å². The monoisotopic (exact) mass is 312 g/mol. The summed E-state index contributed by atoms with van der Waals surface area (Å²) in [7, 11) is 1.82. The van der Waals surface area contributed by atoms with Gasteiger partial charge in [0.1, 0.15) is 5.82 Å². The van der Waals surface area contributed by atoms with Crippen molar-refractivity contribution in [2.24, 2.45) is 13.0 Å². The zero-order valence-corrected chi connectivity index (χ0v) is 14.3. The molecule has 0 radical (unpaired) electrons. The first-order chi connectivity index (χ1) is 10.9. The van der Waals surface area contributed by atoms with E-state index in [4.69, 9.17) is 0 Å². The highest BCUT2D eigenvalue weighted by atomic mass is 16.1. The second-order valence-corrected chi connectivity index (χ2v) is 6.87. The van der Waals surface area contributed by atoms with E-state index in [0.717, 1.165) is 48.6 Å². The standard InChI is InChI=1S/C19H24N2O2/c1-12-5-7-21(8-6-12)18-11-16-15(14(3)22)9-13(2)10-17(16)19(23)20(18)4/h9-12H,5-8H2,1-4H3. The Morgan fingerprint density at radius 3 is 2.39 bits per heavy atom. The Morgan fingerprint density at radius 2 is 1.78 bits per heavy atom. The summed E-state index contributed by atoms with van der Waals surface area (Å²) in [5.41, 5.74) is 1.56. The summed E-state index contributed by atoms with van der Waals surface area (Å²) in [6.07, 6.45) is 2.28. The van der Waals surface area contributed by atoms with Crippen LogP contribution in [0.25, 0.3) is 10.8 Å². The van der Waals surface area contributed by atoms with Gasteiger partial charge in [0.2, 0.25) is 0 Å². The molecule has 1 aromatic carbocycles. The van der Waals surface area contributed by atoms with Crippen LogP contribution >= 0.6 is 0 Å². The molecule has 0 atom stereocenters. The molecule has 1 aliphatic rings. The minimum Gasteiger partial charge on any atom is -0.358 e. The number of pyridine rings is 1. The van der Waals surface area contributed by atoms with Crippen LogP contribution < -0.4 is 10.5 Å². The highest BCUT2D eigenvalue weighted by Crippen LogP contribution is 2.27. The van der Waals surface area contributed by atoms with E-state index < -0.39 is 0 Å². The lowest BCUT2D eigenvalue weighted by Gasteiger charge is -2.33. The number of carbonyl (C=O) groups excluding carboxylic acids is 1. The highest BCUT2D eigenvalue weighted by Gasteiger charge is 2.20. The van der Waals surface area contributed by atoms with Gasteiger partial charge in [-0.05, 0) is 56.4 Å². The third-order valence-electron chi connectivity index (χ3n) is 4.96. The van der Waals surface area contributed by atoms with Crippen LogP contribution in [0, 0.1) is 12.8 Å². The number of aryl methyl sites for hydroxylation is 1. The van der Waals surface area contributed by atoms with Crippen LogP contribution in [0.5, 0.6) is 0 Å². The van der Waals surface area contributed by atoms with E-state index in [1.165, 1.54) is 0 Å². The quantitative estimate of drug-likeness (QED) is 0.799. The van der Waals surface area contributed by atoms with Gasteiger partial charge in [0.25, 0.3) is 5.56 Å². The summed E-state index contributed by atoms with van der Waals surface area (Å²) < 4.78 is 1.72. The average Bonchev–Trinajstić information content (AvgIpc) is 2.51. The maximum atomic E-state index is 12.8. The molecule has 3 rings (SSSR count). The molecule has 122 valence electrons. The van der Waals surface area contributed by atoms with E-state index in [1.54, 1.807) is 11.5 Å². The second kappa shape index (κ2) is 5.84. The van der Waals surface area contributed by atoms with Crippen molar-refractivity contribution < 1.29 is 4.79 Å². The minimum absolute atomic E-state index is 0.00479. The van der Waals surface area contributed by atoms with E-state index in [1.807, 2.05) is 32.2 Å². The molecule has 0 unspecified atom stereocenters. The van der Waals surface area contributed by atoms with Gasteiger partial charge in [0.05, 0.1) is 0 Å². The number of hydrogen-bond acceptors (Lipinski definition) is 3. The smallest absolute Gasteiger partial charge is 0.259 e. The van der Waals surface area contributed by atoms with Crippen LogP contribution in [0.15, 0.2) is 23.0 Å². The number of Topliss-reactive ketones (excluding diaryl/α,β-unsaturated/α-hetero) is 1. The first-order valence-electron chi connectivity index (χ1n) is 8.28. The van der Waals surface area contributed by atoms with Crippen LogP contribution in [0.1, 0.15) is 42.6 Å². The van der Waals surface area contributed by atoms with Crippen LogP contribution in [-0.4, -0.2) is 23.4 Å². The lowest BCUT2D eigenvalue weighted by molar-refractivity contribution is 0.101. The molecule has 1 aliphatic heterocycles. The summed E-state index contributed by atoms with van der Waals surface area (Å²) in [5, 5.41) is 1.41. The molecule has 0 amide bonds. The molecule has 2 heterocycles. The van der Waals surface area contributed by atoms with Gasteiger partial charge in [0.15, 0.2) is 5.78 Å². The van der Waals surface area contributed by atoms with E-state index >= 15 is 0 Å². The summed E-state index contributed by atoms with van der Waals surface area (Å²) in [5.74, 6) is 1.66. The molecule has 1 saturated heterocycles. The predicted molar refractivity (Wildman–Crippen MR) is 94.5 cm³/mol. The molecule has 2 aromatic rings. The van der Waals surface area contributed by atoms with Crippen molar-refractivity contribution in [1.82, 2.24) is 4.57 Å². The van der Waals surface area contributed by atoms with Gasteiger partial charge in [-0.15, -0.1) is 0 Å². The van der Waals surface area contributed by atoms with Crippen molar-refractivity contribution in [2.75, 3.05) is 18.0 Å². The van der Waals surface area contributed by atoms with E-state index in [-0.39, 0.29) is 11.3 Å². The molecular weight excluding hydrogens is 288 g/mol. The van der Waals surface area contributed by atoms with E-state index in [2.05, 4.69) is 11.8 Å². The summed E-state index contributed by atoms with van der Waals surface area (Å²) in [6.45, 7) is 7.68. The largest absolute Gasteiger partial charge is 0.358 e. The Hall–Kier alpha value is -2.10. The van der Waals surface area contributed by atoms with Gasteiger partial charge < -0.3 is 4.90 Å². The fourth-order valence-electron chi connectivity index (χ4n) is 3.47. The van der Waals surface area contributed by atoms with Crippen molar-refractivity contribution in [2.45, 2.75) is 33.6 Å². The number of rotatable bonds is 2. The molecular formula is C19H24N2O2. The first kappa shape index (κ1) is 15.8. The second-order valence-electron chi connectivity index (χ2n) is 6.87. The molecule has 0 N–H and O–H groups in total. The van der Waals surface area contributed by atoms with Crippen LogP contribution in [-0.2, 0) is 7.05 Å². The number of fused-ring (bicyclic) bond motifs is 1. The fourth-order valence-corrected chi connectivity index (χ4v) is 3.47. The molecule has 0 saturated carbocycles. The molecule has 4 nitrogen and oxygen atoms in total. The topological polar surface area (TPSA) is 42.3 Å². The van der Waals surface area contributed by atoms with Crippen LogP contribution in [0.2, 0.25) is 0 Å². The molecule has 0 aliphatic carbocycles. The minimum atomic E-state index is -0.0256. The van der Waals surface area contributed by atoms with Gasteiger partial charge in [0, 0.05) is 36.5 Å². The Morgan fingerprint density at radius 1 is 1.13 bits per heavy atom. The number of piperidine rings is 1. The average molecular weight is 312 g/mol. The van der Waals surface area contributed by atoms with Gasteiger partial charge in [-0.2, -0.15) is 0 Å². The number of anilines is 1. The van der Waals surface area contributed by atoms with E-state index in [9.17, 15) is 9.59 Å². The third kappa shape index (κ3) is 2.78. The fraction of sp³-hybridized carbons (Fsp3) is 0.474. The van der Waals surface area contributed by atoms with Gasteiger partial charge in [-0.1, -0.05) is 6.92 Å². The third-order valence-corrected chi connectivity index (χ3v) is 4.96. The predicted octanol–water partition coefficient (Wildman–Crippen LogP) is 3.29. The Balaban J connectivity index is 2.23. The maximum absolute atomic E-state index is 12.8. The lowest BCUT2D eigenvalue weighted by Crippen LogP contribution is -2.36. The van der Waals surface area contributed by atoms with Gasteiger partial charge in [-0.25, -0.2) is 0 Å². The molecule has 0 spiro atoms. The first-order valence-corrected chi connectivity index (χ1v) is 8.28. The lowest BCUT2D eigenvalue weighted by atomic mass is 9.98. The summed E-state index contributed by atoms with van der Waals surface area (Å²) >= 11 is 0. The molecule has 1 aromatic heterocycles.